The Labute approximate surface area is 76.7 Å². The second-order valence-corrected chi connectivity index (χ2v) is 4.68. The van der Waals surface area contributed by atoms with Gasteiger partial charge in [0.2, 0.25) is 0 Å². The fraction of sp³-hybridized carbons (Fsp3) is 1.00. The Kier molecular flexibility index (Phi) is 3.43. The first kappa shape index (κ1) is 8.78. The average Bonchev–Trinajstić information content (AvgIpc) is 2.36. The first-order valence-electron chi connectivity index (χ1n) is 3.97. The van der Waals surface area contributed by atoms with Gasteiger partial charge in [-0.1, -0.05) is 36.4 Å². The van der Waals surface area contributed by atoms with Gasteiger partial charge in [0.05, 0.1) is 6.10 Å². The van der Waals surface area contributed by atoms with Crippen LogP contribution >= 0.6 is 22.6 Å². The van der Waals surface area contributed by atoms with E-state index < -0.39 is 0 Å². The topological polar surface area (TPSA) is 9.23 Å². The van der Waals surface area contributed by atoms with Gasteiger partial charge in [0.15, 0.2) is 0 Å². The summed E-state index contributed by atoms with van der Waals surface area (Å²) in [6, 6.07) is 0. The molecule has 2 heteroatoms. The van der Waals surface area contributed by atoms with Gasteiger partial charge in [-0.3, -0.25) is 0 Å². The predicted molar refractivity (Wildman–Crippen MR) is 51.6 cm³/mol. The van der Waals surface area contributed by atoms with E-state index in [0.29, 0.717) is 10.0 Å². The maximum Gasteiger partial charge on any atom is 0.0695 e. The molecule has 60 valence electrons. The first-order chi connectivity index (χ1) is 4.72. The number of halogens is 1. The van der Waals surface area contributed by atoms with Crippen LogP contribution in [0.15, 0.2) is 0 Å². The molecule has 0 aliphatic carbocycles. The fourth-order valence-electron chi connectivity index (χ4n) is 1.28. The molecule has 0 aromatic heterocycles. The molecule has 1 saturated heterocycles. The number of hydrogen-bond donors (Lipinski definition) is 0. The van der Waals surface area contributed by atoms with E-state index in [1.54, 1.807) is 0 Å². The van der Waals surface area contributed by atoms with Crippen LogP contribution in [0.25, 0.3) is 0 Å². The summed E-state index contributed by atoms with van der Waals surface area (Å²) in [6.45, 7) is 5.51. The van der Waals surface area contributed by atoms with Crippen molar-refractivity contribution in [2.24, 2.45) is 5.92 Å². The van der Waals surface area contributed by atoms with Crippen LogP contribution in [0.4, 0.5) is 0 Å². The summed E-state index contributed by atoms with van der Waals surface area (Å²) in [5, 5.41) is 0. The minimum atomic E-state index is 0.542. The quantitative estimate of drug-likeness (QED) is 0.543. The Morgan fingerprint density at radius 3 is 2.60 bits per heavy atom. The molecule has 1 aliphatic heterocycles. The second kappa shape index (κ2) is 3.90. The monoisotopic (exact) mass is 254 g/mol. The van der Waals surface area contributed by atoms with E-state index >= 15 is 0 Å². The molecule has 0 spiro atoms. The van der Waals surface area contributed by atoms with E-state index in [1.165, 1.54) is 12.8 Å². The van der Waals surface area contributed by atoms with Crippen LogP contribution in [0.3, 0.4) is 0 Å². The molecule has 1 nitrogen and oxygen atoms in total. The predicted octanol–water partition coefficient (Wildman–Crippen LogP) is 2.63. The van der Waals surface area contributed by atoms with Crippen molar-refractivity contribution in [3.63, 3.8) is 0 Å². The number of alkyl halides is 1. The minimum absolute atomic E-state index is 0.542. The van der Waals surface area contributed by atoms with E-state index in [4.69, 9.17) is 4.74 Å². The summed E-state index contributed by atoms with van der Waals surface area (Å²) in [5.41, 5.74) is 0. The molecule has 1 aliphatic rings. The normalized spacial score (nSPS) is 29.4. The van der Waals surface area contributed by atoms with Crippen LogP contribution in [0.2, 0.25) is 0 Å². The van der Waals surface area contributed by atoms with Crippen molar-refractivity contribution >= 4 is 22.6 Å². The second-order valence-electron chi connectivity index (χ2n) is 3.24. The molecule has 0 aromatic carbocycles. The van der Waals surface area contributed by atoms with E-state index in [-0.39, 0.29) is 0 Å². The summed E-state index contributed by atoms with van der Waals surface area (Å²) in [5.74, 6) is 0.753. The molecule has 0 radical (unpaired) electrons. The third-order valence-electron chi connectivity index (χ3n) is 1.96. The Hall–Kier alpha value is 0.690. The lowest BCUT2D eigenvalue weighted by molar-refractivity contribution is 0.103. The number of rotatable bonds is 2. The minimum Gasteiger partial charge on any atom is -0.377 e. The van der Waals surface area contributed by atoms with Gasteiger partial charge in [0, 0.05) is 10.5 Å². The van der Waals surface area contributed by atoms with Gasteiger partial charge in [-0.25, -0.2) is 0 Å². The lowest BCUT2D eigenvalue weighted by Crippen LogP contribution is -2.24. The zero-order valence-corrected chi connectivity index (χ0v) is 8.80. The van der Waals surface area contributed by atoms with Crippen molar-refractivity contribution in [1.29, 1.82) is 0 Å². The summed E-state index contributed by atoms with van der Waals surface area (Å²) in [4.78, 5) is 0. The largest absolute Gasteiger partial charge is 0.377 e. The highest BCUT2D eigenvalue weighted by Crippen LogP contribution is 2.26. The zero-order valence-electron chi connectivity index (χ0n) is 6.64. The van der Waals surface area contributed by atoms with Crippen LogP contribution in [0.5, 0.6) is 0 Å². The Balaban J connectivity index is 2.32. The fourth-order valence-corrected chi connectivity index (χ4v) is 1.85. The van der Waals surface area contributed by atoms with Crippen molar-refractivity contribution in [3.05, 3.63) is 0 Å². The van der Waals surface area contributed by atoms with Crippen molar-refractivity contribution < 1.29 is 4.74 Å². The van der Waals surface area contributed by atoms with Crippen LogP contribution in [-0.4, -0.2) is 16.6 Å². The molecule has 1 rings (SSSR count). The van der Waals surface area contributed by atoms with Crippen molar-refractivity contribution in [2.75, 3.05) is 6.61 Å². The Bertz CT molecular complexity index is 97.4. The molecular formula is C8H15IO. The maximum absolute atomic E-state index is 5.57. The van der Waals surface area contributed by atoms with Gasteiger partial charge in [-0.15, -0.1) is 0 Å². The summed E-state index contributed by atoms with van der Waals surface area (Å²) in [6.07, 6.45) is 3.07. The van der Waals surface area contributed by atoms with Crippen LogP contribution in [-0.2, 0) is 4.74 Å². The molecule has 2 atom stereocenters. The Morgan fingerprint density at radius 1 is 1.50 bits per heavy atom. The van der Waals surface area contributed by atoms with Crippen LogP contribution in [0, 0.1) is 5.92 Å². The molecule has 0 saturated carbocycles. The molecule has 0 N–H and O–H groups in total. The standard InChI is InChI=1S/C8H15IO/c1-6(2)8(9)7-4-3-5-10-7/h6-8H,3-5H2,1-2H3/t7-,8-/m1/s1. The van der Waals surface area contributed by atoms with E-state index in [1.807, 2.05) is 0 Å². The van der Waals surface area contributed by atoms with Gasteiger partial charge < -0.3 is 4.74 Å². The third-order valence-corrected chi connectivity index (χ3v) is 4.20. The lowest BCUT2D eigenvalue weighted by atomic mass is 10.0. The van der Waals surface area contributed by atoms with Crippen molar-refractivity contribution in [3.8, 4) is 0 Å². The highest BCUT2D eigenvalue weighted by molar-refractivity contribution is 14.1. The Morgan fingerprint density at radius 2 is 2.20 bits per heavy atom. The lowest BCUT2D eigenvalue weighted by Gasteiger charge is -2.19. The van der Waals surface area contributed by atoms with Gasteiger partial charge in [0.25, 0.3) is 0 Å². The SMILES string of the molecule is CC(C)[C@@H](I)[C@H]1CCCO1. The molecule has 0 unspecified atom stereocenters. The van der Waals surface area contributed by atoms with E-state index in [2.05, 4.69) is 36.4 Å². The number of hydrogen-bond acceptors (Lipinski definition) is 1. The molecule has 1 heterocycles. The van der Waals surface area contributed by atoms with Gasteiger partial charge in [0.1, 0.15) is 0 Å². The molecule has 10 heavy (non-hydrogen) atoms. The van der Waals surface area contributed by atoms with Gasteiger partial charge >= 0.3 is 0 Å². The number of ether oxygens (including phenoxy) is 1. The van der Waals surface area contributed by atoms with Crippen molar-refractivity contribution in [2.45, 2.75) is 36.7 Å². The molecule has 1 fully saturated rings. The van der Waals surface area contributed by atoms with Gasteiger partial charge in [-0.2, -0.15) is 0 Å². The van der Waals surface area contributed by atoms with E-state index in [0.717, 1.165) is 12.5 Å². The summed E-state index contributed by atoms with van der Waals surface area (Å²) >= 11 is 2.51. The smallest absolute Gasteiger partial charge is 0.0695 e. The molecule has 0 amide bonds. The molecule has 0 bridgehead atoms. The van der Waals surface area contributed by atoms with Crippen LogP contribution < -0.4 is 0 Å². The molecule has 0 aromatic rings. The maximum atomic E-state index is 5.57. The summed E-state index contributed by atoms with van der Waals surface area (Å²) in [7, 11) is 0. The highest BCUT2D eigenvalue weighted by Gasteiger charge is 2.25. The summed E-state index contributed by atoms with van der Waals surface area (Å²) < 4.78 is 6.28. The average molecular weight is 254 g/mol. The van der Waals surface area contributed by atoms with Crippen LogP contribution in [0.1, 0.15) is 26.7 Å². The highest BCUT2D eigenvalue weighted by atomic mass is 127. The van der Waals surface area contributed by atoms with E-state index in [9.17, 15) is 0 Å². The van der Waals surface area contributed by atoms with Gasteiger partial charge in [-0.05, 0) is 18.8 Å². The zero-order chi connectivity index (χ0) is 7.56. The first-order valence-corrected chi connectivity index (χ1v) is 5.22. The third kappa shape index (κ3) is 2.09. The van der Waals surface area contributed by atoms with Crippen molar-refractivity contribution in [1.82, 2.24) is 0 Å². The molecular weight excluding hydrogens is 239 g/mol.